The summed E-state index contributed by atoms with van der Waals surface area (Å²) in [5.41, 5.74) is 3.93. The maximum Gasteiger partial charge on any atom is 0.317 e. The lowest BCUT2D eigenvalue weighted by molar-refractivity contribution is 0.0829. The molecule has 0 saturated carbocycles. The third-order valence-corrected chi connectivity index (χ3v) is 5.72. The number of para-hydroxylation sites is 1. The fourth-order valence-electron chi connectivity index (χ4n) is 4.24. The molecule has 2 heterocycles. The Morgan fingerprint density at radius 1 is 1.11 bits per heavy atom. The van der Waals surface area contributed by atoms with Gasteiger partial charge in [-0.05, 0) is 35.6 Å². The molecule has 0 aromatic heterocycles. The number of fused-ring (bicyclic) bond motifs is 3. The fourth-order valence-corrected chi connectivity index (χ4v) is 4.24. The molecule has 5 nitrogen and oxygen atoms in total. The van der Waals surface area contributed by atoms with Crippen LogP contribution in [-0.4, -0.2) is 55.7 Å². The second-order valence-corrected chi connectivity index (χ2v) is 7.24. The fraction of sp³-hybridized carbons (Fsp3) is 0.409. The van der Waals surface area contributed by atoms with Gasteiger partial charge in [0.15, 0.2) is 0 Å². The molecular formula is C22H27N3O2. The summed E-state index contributed by atoms with van der Waals surface area (Å²) in [5, 5.41) is 3.08. The number of ether oxygens (including phenoxy) is 1. The van der Waals surface area contributed by atoms with Gasteiger partial charge in [-0.3, -0.25) is 4.90 Å². The van der Waals surface area contributed by atoms with Crippen LogP contribution < -0.4 is 10.1 Å². The number of carbonyl (C=O) groups excluding carboxylic acids is 1. The van der Waals surface area contributed by atoms with Crippen LogP contribution in [0.3, 0.4) is 0 Å². The van der Waals surface area contributed by atoms with Gasteiger partial charge in [-0.2, -0.15) is 0 Å². The summed E-state index contributed by atoms with van der Waals surface area (Å²) < 4.78 is 5.38. The smallest absolute Gasteiger partial charge is 0.317 e. The van der Waals surface area contributed by atoms with E-state index in [0.29, 0.717) is 12.6 Å². The molecular weight excluding hydrogens is 338 g/mol. The van der Waals surface area contributed by atoms with Gasteiger partial charge in [0.2, 0.25) is 0 Å². The Kier molecular flexibility index (Phi) is 5.30. The van der Waals surface area contributed by atoms with Crippen molar-refractivity contribution < 1.29 is 9.53 Å². The standard InChI is InChI=1S/C22H27N3O2/c1-27-21-9-5-3-7-18(21)10-12-23-22(26)25-15-14-24-13-11-17-6-2-4-8-19(17)20(24)16-25/h2-9,20H,10-16H2,1H3,(H,23,26). The molecule has 1 N–H and O–H groups in total. The number of rotatable bonds is 4. The third kappa shape index (κ3) is 3.78. The highest BCUT2D eigenvalue weighted by atomic mass is 16.5. The van der Waals surface area contributed by atoms with Gasteiger partial charge in [-0.1, -0.05) is 42.5 Å². The number of urea groups is 1. The van der Waals surface area contributed by atoms with Crippen molar-refractivity contribution in [3.05, 3.63) is 65.2 Å². The van der Waals surface area contributed by atoms with Gasteiger partial charge < -0.3 is 15.0 Å². The number of nitrogens with one attached hydrogen (secondary N) is 1. The van der Waals surface area contributed by atoms with Crippen LogP contribution in [0.4, 0.5) is 4.79 Å². The monoisotopic (exact) mass is 365 g/mol. The molecule has 1 atom stereocenters. The topological polar surface area (TPSA) is 44.8 Å². The molecule has 0 bridgehead atoms. The molecule has 2 aromatic carbocycles. The summed E-state index contributed by atoms with van der Waals surface area (Å²) in [6, 6.07) is 17.0. The second kappa shape index (κ2) is 8.01. The van der Waals surface area contributed by atoms with Gasteiger partial charge in [0.1, 0.15) is 5.75 Å². The molecule has 1 saturated heterocycles. The Morgan fingerprint density at radius 2 is 1.93 bits per heavy atom. The summed E-state index contributed by atoms with van der Waals surface area (Å²) in [7, 11) is 1.68. The van der Waals surface area contributed by atoms with E-state index >= 15 is 0 Å². The first-order valence-electron chi connectivity index (χ1n) is 9.73. The number of carbonyl (C=O) groups is 1. The average molecular weight is 365 g/mol. The molecule has 142 valence electrons. The largest absolute Gasteiger partial charge is 0.496 e. The van der Waals surface area contributed by atoms with E-state index in [-0.39, 0.29) is 6.03 Å². The minimum atomic E-state index is 0.0348. The van der Waals surface area contributed by atoms with Crippen LogP contribution in [0.1, 0.15) is 22.7 Å². The number of hydrogen-bond donors (Lipinski definition) is 1. The third-order valence-electron chi connectivity index (χ3n) is 5.72. The Morgan fingerprint density at radius 3 is 2.81 bits per heavy atom. The van der Waals surface area contributed by atoms with Gasteiger partial charge in [0.25, 0.3) is 0 Å². The van der Waals surface area contributed by atoms with Gasteiger partial charge in [-0.25, -0.2) is 4.79 Å². The highest BCUT2D eigenvalue weighted by Crippen LogP contribution is 2.32. The Hall–Kier alpha value is -2.53. The molecule has 1 unspecified atom stereocenters. The number of nitrogens with zero attached hydrogens (tertiary/aromatic N) is 2. The van der Waals surface area contributed by atoms with E-state index in [1.54, 1.807) is 7.11 Å². The van der Waals surface area contributed by atoms with E-state index in [1.807, 2.05) is 29.2 Å². The maximum absolute atomic E-state index is 12.7. The van der Waals surface area contributed by atoms with E-state index in [9.17, 15) is 4.79 Å². The van der Waals surface area contributed by atoms with Gasteiger partial charge >= 0.3 is 6.03 Å². The first-order chi connectivity index (χ1) is 13.3. The first kappa shape index (κ1) is 17.9. The van der Waals surface area contributed by atoms with Crippen molar-refractivity contribution in [3.63, 3.8) is 0 Å². The summed E-state index contributed by atoms with van der Waals surface area (Å²) in [5.74, 6) is 0.874. The van der Waals surface area contributed by atoms with Gasteiger partial charge in [0.05, 0.1) is 13.2 Å². The Bertz CT molecular complexity index is 808. The van der Waals surface area contributed by atoms with Crippen molar-refractivity contribution in [2.24, 2.45) is 0 Å². The molecule has 0 spiro atoms. The molecule has 1 fully saturated rings. The van der Waals surface area contributed by atoms with Crippen LogP contribution in [0.25, 0.3) is 0 Å². The first-order valence-corrected chi connectivity index (χ1v) is 9.73. The summed E-state index contributed by atoms with van der Waals surface area (Å²) in [6.45, 7) is 4.20. The zero-order chi connectivity index (χ0) is 18.6. The highest BCUT2D eigenvalue weighted by Gasteiger charge is 2.33. The van der Waals surface area contributed by atoms with E-state index in [0.717, 1.165) is 50.3 Å². The van der Waals surface area contributed by atoms with Crippen LogP contribution in [0, 0.1) is 0 Å². The number of methoxy groups -OCH3 is 1. The number of piperazine rings is 1. The molecule has 4 rings (SSSR count). The van der Waals surface area contributed by atoms with Crippen LogP contribution in [-0.2, 0) is 12.8 Å². The minimum absolute atomic E-state index is 0.0348. The predicted molar refractivity (Wildman–Crippen MR) is 106 cm³/mol. The van der Waals surface area contributed by atoms with Crippen molar-refractivity contribution in [1.29, 1.82) is 0 Å². The molecule has 27 heavy (non-hydrogen) atoms. The predicted octanol–water partition coefficient (Wildman–Crippen LogP) is 2.86. The van der Waals surface area contributed by atoms with Crippen molar-refractivity contribution >= 4 is 6.03 Å². The average Bonchev–Trinajstić information content (AvgIpc) is 2.73. The van der Waals surface area contributed by atoms with E-state index in [1.165, 1.54) is 11.1 Å². The van der Waals surface area contributed by atoms with Crippen LogP contribution in [0.5, 0.6) is 5.75 Å². The summed E-state index contributed by atoms with van der Waals surface area (Å²) in [6.07, 6.45) is 1.87. The molecule has 0 aliphatic carbocycles. The molecule has 2 aliphatic rings. The summed E-state index contributed by atoms with van der Waals surface area (Å²) >= 11 is 0. The normalized spacial score (nSPS) is 19.1. The summed E-state index contributed by atoms with van der Waals surface area (Å²) in [4.78, 5) is 17.2. The molecule has 5 heteroatoms. The lowest BCUT2D eigenvalue weighted by Crippen LogP contribution is -2.54. The zero-order valence-corrected chi connectivity index (χ0v) is 15.9. The SMILES string of the molecule is COc1ccccc1CCNC(=O)N1CCN2CCc3ccccc3C2C1. The highest BCUT2D eigenvalue weighted by molar-refractivity contribution is 5.74. The van der Waals surface area contributed by atoms with Crippen molar-refractivity contribution in [2.75, 3.05) is 39.8 Å². The molecule has 2 aliphatic heterocycles. The quantitative estimate of drug-likeness (QED) is 0.906. The Balaban J connectivity index is 1.35. The van der Waals surface area contributed by atoms with Gasteiger partial charge in [0, 0.05) is 32.7 Å². The van der Waals surface area contributed by atoms with Crippen molar-refractivity contribution in [3.8, 4) is 5.75 Å². The molecule has 0 radical (unpaired) electrons. The zero-order valence-electron chi connectivity index (χ0n) is 15.9. The van der Waals surface area contributed by atoms with Crippen LogP contribution in [0.2, 0.25) is 0 Å². The van der Waals surface area contributed by atoms with E-state index in [2.05, 4.69) is 34.5 Å². The lowest BCUT2D eigenvalue weighted by atomic mass is 9.91. The van der Waals surface area contributed by atoms with Crippen molar-refractivity contribution in [2.45, 2.75) is 18.9 Å². The van der Waals surface area contributed by atoms with Gasteiger partial charge in [-0.15, -0.1) is 0 Å². The van der Waals surface area contributed by atoms with Crippen LogP contribution in [0.15, 0.2) is 48.5 Å². The van der Waals surface area contributed by atoms with E-state index in [4.69, 9.17) is 4.74 Å². The second-order valence-electron chi connectivity index (χ2n) is 7.24. The minimum Gasteiger partial charge on any atom is -0.496 e. The number of hydrogen-bond acceptors (Lipinski definition) is 3. The number of benzene rings is 2. The van der Waals surface area contributed by atoms with E-state index < -0.39 is 0 Å². The maximum atomic E-state index is 12.7. The van der Waals surface area contributed by atoms with Crippen molar-refractivity contribution in [1.82, 2.24) is 15.1 Å². The lowest BCUT2D eigenvalue weighted by Gasteiger charge is -2.44. The Labute approximate surface area is 160 Å². The van der Waals surface area contributed by atoms with Crippen LogP contribution >= 0.6 is 0 Å². The molecule has 2 amide bonds. The molecule has 2 aromatic rings. The number of amides is 2.